The van der Waals surface area contributed by atoms with Gasteiger partial charge in [-0.1, -0.05) is 13.8 Å². The molecule has 1 atom stereocenters. The summed E-state index contributed by atoms with van der Waals surface area (Å²) in [5, 5.41) is 8.74. The third-order valence-corrected chi connectivity index (χ3v) is 2.50. The summed E-state index contributed by atoms with van der Waals surface area (Å²) in [7, 11) is 0. The number of ether oxygens (including phenoxy) is 1. The summed E-state index contributed by atoms with van der Waals surface area (Å²) in [5.41, 5.74) is 0.904. The molecule has 0 aliphatic carbocycles. The lowest BCUT2D eigenvalue weighted by Gasteiger charge is -2.15. The maximum atomic E-state index is 13.4. The van der Waals surface area contributed by atoms with Gasteiger partial charge in [-0.3, -0.25) is 0 Å². The van der Waals surface area contributed by atoms with Crippen LogP contribution in [-0.2, 0) is 11.3 Å². The molecule has 0 saturated heterocycles. The van der Waals surface area contributed by atoms with E-state index in [1.165, 1.54) is 18.2 Å². The Morgan fingerprint density at radius 3 is 2.65 bits per heavy atom. The molecule has 1 aromatic rings. The Kier molecular flexibility index (Phi) is 5.11. The molecule has 0 heterocycles. The SMILES string of the molecule is CC(C)CC(C)OCc1cc(C#N)ccc1F. The fraction of sp³-hybridized carbons (Fsp3) is 0.500. The summed E-state index contributed by atoms with van der Waals surface area (Å²) in [6.45, 7) is 6.44. The van der Waals surface area contributed by atoms with Crippen molar-refractivity contribution in [2.45, 2.75) is 39.9 Å². The van der Waals surface area contributed by atoms with Gasteiger partial charge in [0.1, 0.15) is 5.82 Å². The van der Waals surface area contributed by atoms with Gasteiger partial charge in [-0.05, 0) is 37.5 Å². The van der Waals surface area contributed by atoms with Crippen LogP contribution in [0.4, 0.5) is 4.39 Å². The Balaban J connectivity index is 2.60. The van der Waals surface area contributed by atoms with Crippen LogP contribution in [0, 0.1) is 23.1 Å². The average molecular weight is 235 g/mol. The molecule has 3 heteroatoms. The number of rotatable bonds is 5. The highest BCUT2D eigenvalue weighted by molar-refractivity contribution is 5.33. The lowest BCUT2D eigenvalue weighted by atomic mass is 10.1. The lowest BCUT2D eigenvalue weighted by Crippen LogP contribution is -2.11. The number of hydrogen-bond acceptors (Lipinski definition) is 2. The summed E-state index contributed by atoms with van der Waals surface area (Å²) in [4.78, 5) is 0. The zero-order valence-electron chi connectivity index (χ0n) is 10.5. The molecule has 1 unspecified atom stereocenters. The van der Waals surface area contributed by atoms with E-state index in [4.69, 9.17) is 10.00 Å². The van der Waals surface area contributed by atoms with Gasteiger partial charge in [0.2, 0.25) is 0 Å². The van der Waals surface area contributed by atoms with Gasteiger partial charge >= 0.3 is 0 Å². The Labute approximate surface area is 102 Å². The summed E-state index contributed by atoms with van der Waals surface area (Å²) in [5.74, 6) is 0.237. The van der Waals surface area contributed by atoms with Crippen LogP contribution in [0.25, 0.3) is 0 Å². The molecule has 0 amide bonds. The molecule has 0 N–H and O–H groups in total. The Hall–Kier alpha value is -1.40. The third-order valence-electron chi connectivity index (χ3n) is 2.50. The lowest BCUT2D eigenvalue weighted by molar-refractivity contribution is 0.0382. The van der Waals surface area contributed by atoms with Crippen LogP contribution in [0.3, 0.4) is 0 Å². The molecule has 0 radical (unpaired) electrons. The van der Waals surface area contributed by atoms with E-state index < -0.39 is 0 Å². The number of benzene rings is 1. The number of hydrogen-bond donors (Lipinski definition) is 0. The van der Waals surface area contributed by atoms with Crippen molar-refractivity contribution in [3.63, 3.8) is 0 Å². The minimum atomic E-state index is -0.319. The summed E-state index contributed by atoms with van der Waals surface area (Å²) in [6.07, 6.45) is 1.04. The van der Waals surface area contributed by atoms with Crippen LogP contribution in [0.1, 0.15) is 38.3 Å². The molecule has 1 aromatic carbocycles. The topological polar surface area (TPSA) is 33.0 Å². The van der Waals surface area contributed by atoms with Gasteiger partial charge in [0.25, 0.3) is 0 Å². The van der Waals surface area contributed by atoms with E-state index in [9.17, 15) is 4.39 Å². The zero-order valence-corrected chi connectivity index (χ0v) is 10.5. The molecule has 0 fully saturated rings. The fourth-order valence-corrected chi connectivity index (χ4v) is 1.72. The van der Waals surface area contributed by atoms with Gasteiger partial charge in [0.05, 0.1) is 24.3 Å². The molecule has 0 aliphatic rings. The Morgan fingerprint density at radius 2 is 2.06 bits per heavy atom. The van der Waals surface area contributed by atoms with Crippen molar-refractivity contribution in [1.29, 1.82) is 5.26 Å². The van der Waals surface area contributed by atoms with Crippen molar-refractivity contribution in [2.75, 3.05) is 0 Å². The monoisotopic (exact) mass is 235 g/mol. The summed E-state index contributed by atoms with van der Waals surface area (Å²) < 4.78 is 19.0. The second kappa shape index (κ2) is 6.36. The first kappa shape index (κ1) is 13.7. The van der Waals surface area contributed by atoms with E-state index >= 15 is 0 Å². The van der Waals surface area contributed by atoms with Crippen LogP contribution in [0.2, 0.25) is 0 Å². The van der Waals surface area contributed by atoms with Crippen LogP contribution < -0.4 is 0 Å². The molecule has 0 bridgehead atoms. The van der Waals surface area contributed by atoms with Gasteiger partial charge < -0.3 is 4.74 Å². The summed E-state index contributed by atoms with van der Waals surface area (Å²) >= 11 is 0. The first-order valence-corrected chi connectivity index (χ1v) is 5.83. The van der Waals surface area contributed by atoms with Crippen molar-refractivity contribution in [3.05, 3.63) is 35.1 Å². The standard InChI is InChI=1S/C14H18FNO/c1-10(2)6-11(3)17-9-13-7-12(8-16)4-5-14(13)15/h4-5,7,10-11H,6,9H2,1-3H3. The van der Waals surface area contributed by atoms with Crippen LogP contribution in [0.15, 0.2) is 18.2 Å². The minimum Gasteiger partial charge on any atom is -0.374 e. The van der Waals surface area contributed by atoms with E-state index in [2.05, 4.69) is 13.8 Å². The van der Waals surface area contributed by atoms with E-state index in [1.54, 1.807) is 0 Å². The van der Waals surface area contributed by atoms with Gasteiger partial charge in [-0.25, -0.2) is 4.39 Å². The number of halogens is 1. The molecular formula is C14H18FNO. The summed E-state index contributed by atoms with van der Waals surface area (Å²) in [6, 6.07) is 6.31. The van der Waals surface area contributed by atoms with E-state index in [1.807, 2.05) is 13.0 Å². The predicted molar refractivity (Wildman–Crippen MR) is 64.8 cm³/mol. The Morgan fingerprint density at radius 1 is 1.35 bits per heavy atom. The Bertz CT molecular complexity index is 409. The van der Waals surface area contributed by atoms with Gasteiger partial charge in [-0.2, -0.15) is 5.26 Å². The van der Waals surface area contributed by atoms with Gasteiger partial charge in [0, 0.05) is 5.56 Å². The molecule has 17 heavy (non-hydrogen) atoms. The van der Waals surface area contributed by atoms with Crippen LogP contribution >= 0.6 is 0 Å². The van der Waals surface area contributed by atoms with Crippen molar-refractivity contribution < 1.29 is 9.13 Å². The molecular weight excluding hydrogens is 217 g/mol. The van der Waals surface area contributed by atoms with Gasteiger partial charge in [0.15, 0.2) is 0 Å². The molecule has 2 nitrogen and oxygen atoms in total. The zero-order chi connectivity index (χ0) is 12.8. The molecule has 0 aliphatic heterocycles. The maximum absolute atomic E-state index is 13.4. The minimum absolute atomic E-state index is 0.0974. The number of nitriles is 1. The van der Waals surface area contributed by atoms with Crippen molar-refractivity contribution >= 4 is 0 Å². The van der Waals surface area contributed by atoms with Crippen molar-refractivity contribution in [1.82, 2.24) is 0 Å². The predicted octanol–water partition coefficient (Wildman–Crippen LogP) is 3.65. The molecule has 92 valence electrons. The van der Waals surface area contributed by atoms with E-state index in [-0.39, 0.29) is 18.5 Å². The molecule has 0 aromatic heterocycles. The first-order valence-electron chi connectivity index (χ1n) is 5.83. The largest absolute Gasteiger partial charge is 0.374 e. The second-order valence-electron chi connectivity index (χ2n) is 4.67. The molecule has 1 rings (SSSR count). The maximum Gasteiger partial charge on any atom is 0.128 e. The molecule has 0 spiro atoms. The smallest absolute Gasteiger partial charge is 0.128 e. The normalized spacial score (nSPS) is 12.5. The highest BCUT2D eigenvalue weighted by atomic mass is 19.1. The number of nitrogens with zero attached hydrogens (tertiary/aromatic N) is 1. The first-order chi connectivity index (χ1) is 8.02. The van der Waals surface area contributed by atoms with Crippen molar-refractivity contribution in [2.24, 2.45) is 5.92 Å². The highest BCUT2D eigenvalue weighted by Gasteiger charge is 2.08. The van der Waals surface area contributed by atoms with Crippen molar-refractivity contribution in [3.8, 4) is 6.07 Å². The highest BCUT2D eigenvalue weighted by Crippen LogP contribution is 2.14. The van der Waals surface area contributed by atoms with Crippen LogP contribution in [-0.4, -0.2) is 6.10 Å². The third kappa shape index (κ3) is 4.54. The quantitative estimate of drug-likeness (QED) is 0.780. The fourth-order valence-electron chi connectivity index (χ4n) is 1.72. The average Bonchev–Trinajstić information content (AvgIpc) is 2.27. The molecule has 0 saturated carbocycles. The van der Waals surface area contributed by atoms with E-state index in [0.717, 1.165) is 6.42 Å². The van der Waals surface area contributed by atoms with E-state index in [0.29, 0.717) is 17.0 Å². The van der Waals surface area contributed by atoms with Gasteiger partial charge in [-0.15, -0.1) is 0 Å². The van der Waals surface area contributed by atoms with Crippen LogP contribution in [0.5, 0.6) is 0 Å². The second-order valence-corrected chi connectivity index (χ2v) is 4.67.